The second kappa shape index (κ2) is 8.80. The zero-order chi connectivity index (χ0) is 15.8. The molecular weight excluding hydrogens is 302 g/mol. The Morgan fingerprint density at radius 3 is 3.18 bits per heavy atom. The zero-order valence-electron chi connectivity index (χ0n) is 13.2. The third-order valence-corrected chi connectivity index (χ3v) is 3.83. The number of nitrogens with zero attached hydrogens (tertiary/aromatic N) is 3. The minimum atomic E-state index is 0.330. The minimum Gasteiger partial charge on any atom is -0.380 e. The standard InChI is InChI=1S/C15H24ClN5O/c1-3-22-10-8-19-15(17-2)20-12-6-9-21(11-12)14-13(16)5-4-7-18-14/h4-5,7,12H,3,6,8-11H2,1-2H3,(H2,17,19,20). The van der Waals surface area contributed by atoms with Gasteiger partial charge in [0.25, 0.3) is 0 Å². The van der Waals surface area contributed by atoms with Crippen LogP contribution < -0.4 is 15.5 Å². The van der Waals surface area contributed by atoms with Crippen molar-refractivity contribution < 1.29 is 4.74 Å². The normalized spacial score (nSPS) is 18.6. The number of pyridine rings is 1. The molecule has 2 N–H and O–H groups in total. The van der Waals surface area contributed by atoms with Crippen LogP contribution in [0.3, 0.4) is 0 Å². The predicted molar refractivity (Wildman–Crippen MR) is 90.9 cm³/mol. The first-order valence-corrected chi connectivity index (χ1v) is 8.02. The van der Waals surface area contributed by atoms with E-state index in [0.29, 0.717) is 17.7 Å². The molecule has 22 heavy (non-hydrogen) atoms. The summed E-state index contributed by atoms with van der Waals surface area (Å²) in [6.07, 6.45) is 2.80. The van der Waals surface area contributed by atoms with Crippen molar-refractivity contribution in [3.63, 3.8) is 0 Å². The number of nitrogens with one attached hydrogen (secondary N) is 2. The SMILES string of the molecule is CCOCCNC(=NC)NC1CCN(c2ncccc2Cl)C1. The molecule has 1 saturated heterocycles. The lowest BCUT2D eigenvalue weighted by molar-refractivity contribution is 0.152. The summed E-state index contributed by atoms with van der Waals surface area (Å²) in [5.41, 5.74) is 0. The number of rotatable bonds is 6. The highest BCUT2D eigenvalue weighted by molar-refractivity contribution is 6.32. The maximum absolute atomic E-state index is 6.21. The molecule has 1 aliphatic rings. The van der Waals surface area contributed by atoms with E-state index in [1.807, 2.05) is 19.1 Å². The highest BCUT2D eigenvalue weighted by Gasteiger charge is 2.25. The van der Waals surface area contributed by atoms with Crippen LogP contribution >= 0.6 is 11.6 Å². The van der Waals surface area contributed by atoms with Crippen LogP contribution in [-0.2, 0) is 4.74 Å². The van der Waals surface area contributed by atoms with Gasteiger partial charge >= 0.3 is 0 Å². The number of guanidine groups is 1. The smallest absolute Gasteiger partial charge is 0.191 e. The van der Waals surface area contributed by atoms with Gasteiger partial charge in [0.05, 0.1) is 11.6 Å². The van der Waals surface area contributed by atoms with Crippen molar-refractivity contribution in [3.05, 3.63) is 23.4 Å². The maximum atomic E-state index is 6.21. The van der Waals surface area contributed by atoms with Crippen LogP contribution in [0.2, 0.25) is 5.02 Å². The Morgan fingerprint density at radius 2 is 2.45 bits per heavy atom. The van der Waals surface area contributed by atoms with Crippen molar-refractivity contribution in [1.29, 1.82) is 0 Å². The molecule has 2 rings (SSSR count). The molecule has 1 aromatic heterocycles. The number of ether oxygens (including phenoxy) is 1. The van der Waals surface area contributed by atoms with Gasteiger partial charge in [-0.2, -0.15) is 0 Å². The molecule has 1 unspecified atom stereocenters. The molecule has 0 aromatic carbocycles. The van der Waals surface area contributed by atoms with Crippen molar-refractivity contribution in [3.8, 4) is 0 Å². The molecule has 1 fully saturated rings. The largest absolute Gasteiger partial charge is 0.380 e. The summed E-state index contributed by atoms with van der Waals surface area (Å²) >= 11 is 6.21. The fraction of sp³-hybridized carbons (Fsp3) is 0.600. The molecule has 0 radical (unpaired) electrons. The van der Waals surface area contributed by atoms with Gasteiger partial charge in [-0.1, -0.05) is 11.6 Å². The van der Waals surface area contributed by atoms with Crippen LogP contribution in [0, 0.1) is 0 Å². The molecule has 0 amide bonds. The molecule has 1 atom stereocenters. The van der Waals surface area contributed by atoms with E-state index >= 15 is 0 Å². The third kappa shape index (κ3) is 4.74. The minimum absolute atomic E-state index is 0.330. The summed E-state index contributed by atoms with van der Waals surface area (Å²) in [5, 5.41) is 7.38. The second-order valence-corrected chi connectivity index (χ2v) is 5.49. The number of halogens is 1. The molecule has 1 aromatic rings. The van der Waals surface area contributed by atoms with Gasteiger partial charge in [0.15, 0.2) is 5.96 Å². The van der Waals surface area contributed by atoms with E-state index in [1.165, 1.54) is 0 Å². The number of aromatic nitrogens is 1. The second-order valence-electron chi connectivity index (χ2n) is 5.08. The molecule has 2 heterocycles. The van der Waals surface area contributed by atoms with Gasteiger partial charge in [0.1, 0.15) is 5.82 Å². The van der Waals surface area contributed by atoms with E-state index in [1.54, 1.807) is 13.2 Å². The van der Waals surface area contributed by atoms with E-state index in [0.717, 1.165) is 44.4 Å². The van der Waals surface area contributed by atoms with Gasteiger partial charge in [-0.3, -0.25) is 4.99 Å². The van der Waals surface area contributed by atoms with Crippen molar-refractivity contribution >= 4 is 23.4 Å². The molecule has 1 aliphatic heterocycles. The first kappa shape index (κ1) is 16.8. The monoisotopic (exact) mass is 325 g/mol. The van der Waals surface area contributed by atoms with Gasteiger partial charge in [-0.25, -0.2) is 4.98 Å². The average Bonchev–Trinajstić information content (AvgIpc) is 2.99. The molecule has 0 spiro atoms. The zero-order valence-corrected chi connectivity index (χ0v) is 13.9. The highest BCUT2D eigenvalue weighted by atomic mass is 35.5. The lowest BCUT2D eigenvalue weighted by Crippen LogP contribution is -2.45. The van der Waals surface area contributed by atoms with Crippen LogP contribution in [0.25, 0.3) is 0 Å². The maximum Gasteiger partial charge on any atom is 0.191 e. The lowest BCUT2D eigenvalue weighted by atomic mass is 10.3. The van der Waals surface area contributed by atoms with Gasteiger partial charge in [-0.15, -0.1) is 0 Å². The van der Waals surface area contributed by atoms with Crippen LogP contribution in [0.1, 0.15) is 13.3 Å². The van der Waals surface area contributed by atoms with E-state index in [4.69, 9.17) is 16.3 Å². The molecule has 0 aliphatic carbocycles. The van der Waals surface area contributed by atoms with E-state index in [-0.39, 0.29) is 0 Å². The Bertz CT molecular complexity index is 497. The van der Waals surface area contributed by atoms with Gasteiger partial charge in [-0.05, 0) is 25.5 Å². The Labute approximate surface area is 136 Å². The fourth-order valence-corrected chi connectivity index (χ4v) is 2.70. The Kier molecular flexibility index (Phi) is 6.74. The quantitative estimate of drug-likeness (QED) is 0.472. The molecular formula is C15H24ClN5O. The lowest BCUT2D eigenvalue weighted by Gasteiger charge is -2.20. The number of hydrogen-bond acceptors (Lipinski definition) is 4. The van der Waals surface area contributed by atoms with Crippen molar-refractivity contribution in [2.75, 3.05) is 44.8 Å². The molecule has 7 heteroatoms. The first-order chi connectivity index (χ1) is 10.7. The fourth-order valence-electron chi connectivity index (χ4n) is 2.45. The summed E-state index contributed by atoms with van der Waals surface area (Å²) in [6, 6.07) is 4.05. The van der Waals surface area contributed by atoms with Gasteiger partial charge < -0.3 is 20.3 Å². The summed E-state index contributed by atoms with van der Waals surface area (Å²) < 4.78 is 5.31. The first-order valence-electron chi connectivity index (χ1n) is 7.65. The number of aliphatic imine (C=N–C) groups is 1. The Balaban J connectivity index is 1.81. The summed E-state index contributed by atoms with van der Waals surface area (Å²) in [4.78, 5) is 10.8. The summed E-state index contributed by atoms with van der Waals surface area (Å²) in [6.45, 7) is 5.94. The molecule has 122 valence electrons. The van der Waals surface area contributed by atoms with Crippen LogP contribution in [0.5, 0.6) is 0 Å². The van der Waals surface area contributed by atoms with Crippen molar-refractivity contribution in [2.24, 2.45) is 4.99 Å². The van der Waals surface area contributed by atoms with Gasteiger partial charge in [0.2, 0.25) is 0 Å². The topological polar surface area (TPSA) is 61.8 Å². The summed E-state index contributed by atoms with van der Waals surface area (Å²) in [5.74, 6) is 1.66. The Hall–Kier alpha value is -1.53. The van der Waals surface area contributed by atoms with Crippen LogP contribution in [0.4, 0.5) is 5.82 Å². The van der Waals surface area contributed by atoms with Gasteiger partial charge in [0, 0.05) is 45.5 Å². The van der Waals surface area contributed by atoms with Crippen molar-refractivity contribution in [1.82, 2.24) is 15.6 Å². The number of hydrogen-bond donors (Lipinski definition) is 2. The summed E-state index contributed by atoms with van der Waals surface area (Å²) in [7, 11) is 1.78. The molecule has 0 saturated carbocycles. The van der Waals surface area contributed by atoms with Crippen LogP contribution in [-0.4, -0.2) is 56.9 Å². The third-order valence-electron chi connectivity index (χ3n) is 3.53. The van der Waals surface area contributed by atoms with E-state index in [9.17, 15) is 0 Å². The van der Waals surface area contributed by atoms with E-state index in [2.05, 4.69) is 25.5 Å². The van der Waals surface area contributed by atoms with Crippen molar-refractivity contribution in [2.45, 2.75) is 19.4 Å². The predicted octanol–water partition coefficient (Wildman–Crippen LogP) is 1.52. The van der Waals surface area contributed by atoms with Crippen LogP contribution in [0.15, 0.2) is 23.3 Å². The average molecular weight is 326 g/mol. The Morgan fingerprint density at radius 1 is 1.59 bits per heavy atom. The molecule has 6 nitrogen and oxygen atoms in total. The van der Waals surface area contributed by atoms with E-state index < -0.39 is 0 Å². The highest BCUT2D eigenvalue weighted by Crippen LogP contribution is 2.25. The number of anilines is 1. The molecule has 0 bridgehead atoms.